The molecule has 0 bridgehead atoms. The van der Waals surface area contributed by atoms with E-state index in [1.165, 1.54) is 0 Å². The van der Waals surface area contributed by atoms with Crippen molar-refractivity contribution in [3.8, 4) is 0 Å². The second-order valence-electron chi connectivity index (χ2n) is 3.53. The lowest BCUT2D eigenvalue weighted by Gasteiger charge is -2.13. The predicted molar refractivity (Wildman–Crippen MR) is 53.5 cm³/mol. The molecule has 0 unspecified atom stereocenters. The van der Waals surface area contributed by atoms with E-state index in [0.717, 1.165) is 6.42 Å². The molecule has 0 aliphatic carbocycles. The highest BCUT2D eigenvalue weighted by Crippen LogP contribution is 2.30. The normalized spacial score (nSPS) is 19.6. The third-order valence-electron chi connectivity index (χ3n) is 2.55. The third kappa shape index (κ3) is 2.15. The molecule has 1 N–H and O–H groups in total. The van der Waals surface area contributed by atoms with Gasteiger partial charge in [0, 0.05) is 17.7 Å². The fourth-order valence-corrected chi connectivity index (χ4v) is 1.83. The van der Waals surface area contributed by atoms with Crippen molar-refractivity contribution in [3.05, 3.63) is 34.9 Å². The van der Waals surface area contributed by atoms with Gasteiger partial charge in [0.2, 0.25) is 0 Å². The fraction of sp³-hybridized carbons (Fsp3) is 0.400. The van der Waals surface area contributed by atoms with Gasteiger partial charge in [0.1, 0.15) is 0 Å². The first-order valence-electron chi connectivity index (χ1n) is 4.67. The molecule has 6 heteroatoms. The molecule has 1 aliphatic heterocycles. The highest BCUT2D eigenvalue weighted by atomic mass is 35.5. The first-order valence-corrected chi connectivity index (χ1v) is 4.67. The van der Waals surface area contributed by atoms with Crippen LogP contribution in [0.3, 0.4) is 0 Å². The number of benzene rings is 1. The van der Waals surface area contributed by atoms with Crippen molar-refractivity contribution in [3.63, 3.8) is 0 Å². The highest BCUT2D eigenvalue weighted by Gasteiger charge is 2.27. The molecule has 2 rings (SSSR count). The minimum atomic E-state index is -1.35. The topological polar surface area (TPSA) is 12.0 Å². The summed E-state index contributed by atoms with van der Waals surface area (Å²) in [5.41, 5.74) is -0.523. The summed E-state index contributed by atoms with van der Waals surface area (Å²) in [6.45, 7) is 0.599. The van der Waals surface area contributed by atoms with Crippen LogP contribution in [0.15, 0.2) is 6.07 Å². The van der Waals surface area contributed by atoms with E-state index >= 15 is 0 Å². The molecule has 1 fully saturated rings. The van der Waals surface area contributed by atoms with E-state index in [1.54, 1.807) is 0 Å². The Kier molecular flexibility index (Phi) is 4.15. The second-order valence-corrected chi connectivity index (χ2v) is 3.53. The Labute approximate surface area is 96.3 Å². The molecule has 0 aromatic heterocycles. The minimum absolute atomic E-state index is 0. The molecule has 1 aromatic carbocycles. The van der Waals surface area contributed by atoms with Crippen molar-refractivity contribution in [1.82, 2.24) is 5.32 Å². The average Bonchev–Trinajstić information content (AvgIpc) is 2.69. The number of hydrogen-bond donors (Lipinski definition) is 1. The van der Waals surface area contributed by atoms with Crippen LogP contribution in [0.2, 0.25) is 0 Å². The Hall–Kier alpha value is -0.810. The lowest BCUT2D eigenvalue weighted by atomic mass is 10.0. The van der Waals surface area contributed by atoms with E-state index < -0.39 is 34.9 Å². The molecular formula is C10H10ClF4N. The molecule has 1 atom stereocenters. The van der Waals surface area contributed by atoms with Crippen molar-refractivity contribution in [2.75, 3.05) is 6.54 Å². The zero-order valence-electron chi connectivity index (χ0n) is 8.20. The van der Waals surface area contributed by atoms with Gasteiger partial charge in [-0.3, -0.25) is 0 Å². The van der Waals surface area contributed by atoms with Crippen molar-refractivity contribution in [1.29, 1.82) is 0 Å². The highest BCUT2D eigenvalue weighted by molar-refractivity contribution is 5.85. The molecule has 1 saturated heterocycles. The van der Waals surface area contributed by atoms with Crippen molar-refractivity contribution < 1.29 is 17.6 Å². The number of nitrogens with one attached hydrogen (secondary N) is 1. The number of rotatable bonds is 1. The van der Waals surface area contributed by atoms with Gasteiger partial charge in [-0.2, -0.15) is 0 Å². The van der Waals surface area contributed by atoms with Crippen molar-refractivity contribution >= 4 is 12.4 Å². The molecule has 1 nitrogen and oxygen atoms in total. The molecule has 1 aliphatic rings. The van der Waals surface area contributed by atoms with Gasteiger partial charge in [0.05, 0.1) is 0 Å². The lowest BCUT2D eigenvalue weighted by molar-refractivity contribution is 0.420. The number of halogens is 5. The van der Waals surface area contributed by atoms with Gasteiger partial charge in [-0.15, -0.1) is 12.4 Å². The van der Waals surface area contributed by atoms with Crippen LogP contribution in [0.25, 0.3) is 0 Å². The van der Waals surface area contributed by atoms with Crippen LogP contribution in [0.1, 0.15) is 24.4 Å². The lowest BCUT2D eigenvalue weighted by Crippen LogP contribution is -2.17. The zero-order chi connectivity index (χ0) is 11.0. The van der Waals surface area contributed by atoms with E-state index in [4.69, 9.17) is 0 Å². The van der Waals surface area contributed by atoms with E-state index in [2.05, 4.69) is 5.32 Å². The minimum Gasteiger partial charge on any atom is -0.310 e. The summed E-state index contributed by atoms with van der Waals surface area (Å²) in [6.07, 6.45) is 1.22. The monoisotopic (exact) mass is 255 g/mol. The Morgan fingerprint density at radius 3 is 2.06 bits per heavy atom. The maximum atomic E-state index is 13.3. The SMILES string of the molecule is Cl.Fc1cc(F)c(F)c([C@@H]2CCCN2)c1F. The standard InChI is InChI=1S/C10H9F4N.ClH/c11-5-4-6(12)10(14)8(9(5)13)7-2-1-3-15-7;/h4,7,15H,1-3H2;1H/t7-;/m0./s1. The summed E-state index contributed by atoms with van der Waals surface area (Å²) in [6, 6.07) is -0.404. The van der Waals surface area contributed by atoms with Crippen LogP contribution in [-0.2, 0) is 0 Å². The molecule has 90 valence electrons. The van der Waals surface area contributed by atoms with E-state index in [0.29, 0.717) is 13.0 Å². The van der Waals surface area contributed by atoms with Crippen LogP contribution < -0.4 is 5.32 Å². The molecule has 1 aromatic rings. The molecular weight excluding hydrogens is 246 g/mol. The van der Waals surface area contributed by atoms with Gasteiger partial charge < -0.3 is 5.32 Å². The third-order valence-corrected chi connectivity index (χ3v) is 2.55. The van der Waals surface area contributed by atoms with Crippen LogP contribution in [0.5, 0.6) is 0 Å². The Morgan fingerprint density at radius 1 is 1.06 bits per heavy atom. The van der Waals surface area contributed by atoms with Crippen LogP contribution in [0, 0.1) is 23.3 Å². The van der Waals surface area contributed by atoms with Gasteiger partial charge in [-0.25, -0.2) is 17.6 Å². The predicted octanol–water partition coefficient (Wildman–Crippen LogP) is 3.09. The van der Waals surface area contributed by atoms with E-state index in [-0.39, 0.29) is 18.5 Å². The van der Waals surface area contributed by atoms with Crippen molar-refractivity contribution in [2.24, 2.45) is 0 Å². The summed E-state index contributed by atoms with van der Waals surface area (Å²) in [5.74, 6) is -5.29. The van der Waals surface area contributed by atoms with Gasteiger partial charge in [-0.05, 0) is 19.4 Å². The Balaban J connectivity index is 0.00000128. The van der Waals surface area contributed by atoms with Crippen LogP contribution in [0.4, 0.5) is 17.6 Å². The fourth-order valence-electron chi connectivity index (χ4n) is 1.83. The van der Waals surface area contributed by atoms with Crippen LogP contribution in [-0.4, -0.2) is 6.54 Å². The van der Waals surface area contributed by atoms with Gasteiger partial charge in [0.15, 0.2) is 23.3 Å². The Bertz CT molecular complexity index is 365. The Morgan fingerprint density at radius 2 is 1.62 bits per heavy atom. The summed E-state index contributed by atoms with van der Waals surface area (Å²) in [5, 5.41) is 2.80. The van der Waals surface area contributed by atoms with Gasteiger partial charge in [-0.1, -0.05) is 0 Å². The number of hydrogen-bond acceptors (Lipinski definition) is 1. The van der Waals surface area contributed by atoms with E-state index in [9.17, 15) is 17.6 Å². The van der Waals surface area contributed by atoms with Crippen molar-refractivity contribution in [2.45, 2.75) is 18.9 Å². The molecule has 0 radical (unpaired) electrons. The second kappa shape index (κ2) is 5.01. The quantitative estimate of drug-likeness (QED) is 0.601. The summed E-state index contributed by atoms with van der Waals surface area (Å²) in [4.78, 5) is 0. The molecule has 0 saturated carbocycles. The first-order chi connectivity index (χ1) is 7.11. The summed E-state index contributed by atoms with van der Waals surface area (Å²) >= 11 is 0. The summed E-state index contributed by atoms with van der Waals surface area (Å²) in [7, 11) is 0. The average molecular weight is 256 g/mol. The van der Waals surface area contributed by atoms with Crippen LogP contribution >= 0.6 is 12.4 Å². The largest absolute Gasteiger partial charge is 0.310 e. The molecule has 1 heterocycles. The summed E-state index contributed by atoms with van der Waals surface area (Å²) < 4.78 is 52.3. The first kappa shape index (κ1) is 13.3. The molecule has 0 spiro atoms. The van der Waals surface area contributed by atoms with Gasteiger partial charge in [0.25, 0.3) is 0 Å². The molecule has 16 heavy (non-hydrogen) atoms. The van der Waals surface area contributed by atoms with E-state index in [1.807, 2.05) is 0 Å². The van der Waals surface area contributed by atoms with Gasteiger partial charge >= 0.3 is 0 Å². The maximum absolute atomic E-state index is 13.3. The smallest absolute Gasteiger partial charge is 0.166 e. The zero-order valence-corrected chi connectivity index (χ0v) is 9.01. The maximum Gasteiger partial charge on any atom is 0.166 e. The molecule has 0 amide bonds.